The molecule has 0 amide bonds. The summed E-state index contributed by atoms with van der Waals surface area (Å²) in [6.07, 6.45) is 16.2. The summed E-state index contributed by atoms with van der Waals surface area (Å²) >= 11 is 0. The van der Waals surface area contributed by atoms with Crippen LogP contribution in [0.5, 0.6) is 5.75 Å². The molecule has 13 heteroatoms. The fraction of sp³-hybridized carbons (Fsp3) is 0.730. The maximum atomic E-state index is 13.0. The number of carbonyl (C=O) groups is 2. The molecule has 286 valence electrons. The summed E-state index contributed by atoms with van der Waals surface area (Å²) < 4.78 is 39.8. The molecule has 0 fully saturated rings. The van der Waals surface area contributed by atoms with Crippen LogP contribution in [0.25, 0.3) is 10.9 Å². The summed E-state index contributed by atoms with van der Waals surface area (Å²) in [5.74, 6) is -0.137. The fourth-order valence-corrected chi connectivity index (χ4v) is 6.14. The second-order valence-electron chi connectivity index (χ2n) is 14.4. The molecular formula is C37H65N3O9P+. The number of ether oxygens (including phenoxy) is 3. The van der Waals surface area contributed by atoms with E-state index >= 15 is 0 Å². The van der Waals surface area contributed by atoms with E-state index in [1.165, 1.54) is 57.8 Å². The van der Waals surface area contributed by atoms with Crippen molar-refractivity contribution in [3.8, 4) is 5.75 Å². The third-order valence-electron chi connectivity index (χ3n) is 8.39. The minimum atomic E-state index is -4.47. The lowest BCUT2D eigenvalue weighted by Gasteiger charge is -2.24. The number of H-pyrrole nitrogens is 1. The van der Waals surface area contributed by atoms with Gasteiger partial charge in [-0.2, -0.15) is 0 Å². The number of phosphoric ester groups is 1. The van der Waals surface area contributed by atoms with Crippen LogP contribution in [0.4, 0.5) is 4.79 Å². The van der Waals surface area contributed by atoms with Gasteiger partial charge in [-0.15, -0.1) is 0 Å². The van der Waals surface area contributed by atoms with Gasteiger partial charge in [-0.1, -0.05) is 90.0 Å². The molecule has 0 saturated heterocycles. The van der Waals surface area contributed by atoms with E-state index in [0.29, 0.717) is 23.2 Å². The molecule has 0 radical (unpaired) electrons. The first kappa shape index (κ1) is 43.7. The number of likely N-dealkylation sites (N-methyl/N-ethyl adjacent to an activating group) is 2. The highest BCUT2D eigenvalue weighted by Gasteiger charge is 2.28. The average molecular weight is 727 g/mol. The number of nitrogens with one attached hydrogen (secondary N) is 1. The van der Waals surface area contributed by atoms with Crippen LogP contribution < -0.4 is 4.74 Å². The molecule has 0 bridgehead atoms. The van der Waals surface area contributed by atoms with Gasteiger partial charge < -0.3 is 33.5 Å². The maximum absolute atomic E-state index is 13.0. The molecule has 0 aliphatic rings. The van der Waals surface area contributed by atoms with E-state index in [0.717, 1.165) is 48.7 Å². The first-order chi connectivity index (χ1) is 23.8. The van der Waals surface area contributed by atoms with Crippen LogP contribution in [0.1, 0.15) is 102 Å². The summed E-state index contributed by atoms with van der Waals surface area (Å²) in [6, 6.07) is 5.31. The highest BCUT2D eigenvalue weighted by Crippen LogP contribution is 2.43. The van der Waals surface area contributed by atoms with Crippen LogP contribution >= 0.6 is 7.82 Å². The maximum Gasteiger partial charge on any atom is 0.514 e. The number of aromatic nitrogens is 1. The van der Waals surface area contributed by atoms with E-state index in [1.807, 2.05) is 47.5 Å². The molecule has 0 aliphatic heterocycles. The van der Waals surface area contributed by atoms with Crippen LogP contribution in [0, 0.1) is 0 Å². The summed E-state index contributed by atoms with van der Waals surface area (Å²) in [5.41, 5.74) is 1.78. The number of benzene rings is 1. The van der Waals surface area contributed by atoms with E-state index in [4.69, 9.17) is 23.3 Å². The number of hydrogen-bond donors (Lipinski definition) is 2. The summed E-state index contributed by atoms with van der Waals surface area (Å²) in [5, 5.41) is 0.758. The van der Waals surface area contributed by atoms with Crippen LogP contribution in [0.3, 0.4) is 0 Å². The number of carbonyl (C=O) groups excluding carboxylic acids is 2. The number of esters is 1. The van der Waals surface area contributed by atoms with Crippen molar-refractivity contribution in [2.75, 3.05) is 68.1 Å². The Kier molecular flexibility index (Phi) is 20.9. The number of unbranched alkanes of at least 4 members (excludes halogenated alkanes) is 12. The normalized spacial score (nSPS) is 13.8. The van der Waals surface area contributed by atoms with Crippen molar-refractivity contribution >= 4 is 30.9 Å². The predicted molar refractivity (Wildman–Crippen MR) is 197 cm³/mol. The minimum Gasteiger partial charge on any atom is -0.462 e. The second-order valence-corrected chi connectivity index (χ2v) is 15.9. The Morgan fingerprint density at radius 1 is 0.900 bits per heavy atom. The molecule has 1 aromatic carbocycles. The predicted octanol–water partition coefficient (Wildman–Crippen LogP) is 8.02. The van der Waals surface area contributed by atoms with Crippen molar-refractivity contribution in [3.05, 3.63) is 30.0 Å². The summed E-state index contributed by atoms with van der Waals surface area (Å²) in [6.45, 7) is 2.59. The standard InChI is InChI=1S/C37H64N3O9P/c1-7-8-9-10-11-12-13-14-15-16-17-18-19-23-35(41)45-29-32(30-47-50(43,44)46-27-26-40(4,5)6)48-37(42)49-34-22-20-21-33-36(34)31(28-38-33)24-25-39(2)3/h20-22,28,32,38H,7-19,23-27,29-30H2,1-6H3/p+1. The van der Waals surface area contributed by atoms with E-state index in [1.54, 1.807) is 12.1 Å². The fourth-order valence-electron chi connectivity index (χ4n) is 5.40. The summed E-state index contributed by atoms with van der Waals surface area (Å²) in [4.78, 5) is 41.0. The average Bonchev–Trinajstić information content (AvgIpc) is 3.47. The zero-order valence-corrected chi connectivity index (χ0v) is 32.5. The van der Waals surface area contributed by atoms with Crippen molar-refractivity contribution in [3.63, 3.8) is 0 Å². The lowest BCUT2D eigenvalue weighted by atomic mass is 10.0. The van der Waals surface area contributed by atoms with E-state index < -0.39 is 32.7 Å². The molecule has 0 saturated carbocycles. The Labute approximate surface area is 300 Å². The highest BCUT2D eigenvalue weighted by atomic mass is 31.2. The monoisotopic (exact) mass is 726 g/mol. The number of nitrogens with zero attached hydrogens (tertiary/aromatic N) is 2. The Bertz CT molecular complexity index is 1290. The first-order valence-electron chi connectivity index (χ1n) is 18.5. The van der Waals surface area contributed by atoms with E-state index in [2.05, 4.69) is 16.8 Å². The molecule has 2 rings (SSSR count). The van der Waals surface area contributed by atoms with Crippen LogP contribution in [0.15, 0.2) is 24.4 Å². The van der Waals surface area contributed by atoms with Gasteiger partial charge in [-0.25, -0.2) is 9.36 Å². The molecule has 0 aliphatic carbocycles. The molecule has 2 unspecified atom stereocenters. The number of aromatic amines is 1. The third-order valence-corrected chi connectivity index (χ3v) is 9.37. The zero-order valence-electron chi connectivity index (χ0n) is 31.6. The van der Waals surface area contributed by atoms with Crippen LogP contribution in [0.2, 0.25) is 0 Å². The molecule has 12 nitrogen and oxygen atoms in total. The number of phosphoric acid groups is 1. The van der Waals surface area contributed by atoms with Gasteiger partial charge in [0.25, 0.3) is 0 Å². The van der Waals surface area contributed by atoms with Gasteiger partial charge in [-0.05, 0) is 44.6 Å². The number of rotatable bonds is 28. The summed E-state index contributed by atoms with van der Waals surface area (Å²) in [7, 11) is 5.27. The number of quaternary nitrogens is 1. The van der Waals surface area contributed by atoms with Gasteiger partial charge in [-0.3, -0.25) is 13.8 Å². The molecule has 2 atom stereocenters. The van der Waals surface area contributed by atoms with Gasteiger partial charge >= 0.3 is 19.9 Å². The smallest absolute Gasteiger partial charge is 0.462 e. The van der Waals surface area contributed by atoms with E-state index in [-0.39, 0.29) is 19.6 Å². The van der Waals surface area contributed by atoms with Crippen LogP contribution in [-0.2, 0) is 34.3 Å². The Morgan fingerprint density at radius 3 is 2.12 bits per heavy atom. The number of fused-ring (bicyclic) bond motifs is 1. The molecule has 0 spiro atoms. The SMILES string of the molecule is CCCCCCCCCCCCCCCC(=O)OCC(COP(=O)(O)OCC[N+](C)(C)C)OC(=O)Oc1cccc2[nH]cc(CCN(C)C)c12. The van der Waals surface area contributed by atoms with Crippen LogP contribution in [-0.4, -0.2) is 106 Å². The van der Waals surface area contributed by atoms with Crippen molar-refractivity contribution in [2.24, 2.45) is 0 Å². The molecule has 1 aromatic heterocycles. The van der Waals surface area contributed by atoms with Crippen molar-refractivity contribution < 1.29 is 46.8 Å². The second kappa shape index (κ2) is 23.9. The van der Waals surface area contributed by atoms with Crippen molar-refractivity contribution in [1.82, 2.24) is 9.88 Å². The largest absolute Gasteiger partial charge is 0.514 e. The van der Waals surface area contributed by atoms with Gasteiger partial charge in [0, 0.05) is 30.1 Å². The van der Waals surface area contributed by atoms with Gasteiger partial charge in [0.2, 0.25) is 0 Å². The van der Waals surface area contributed by atoms with Crippen molar-refractivity contribution in [1.29, 1.82) is 0 Å². The molecule has 50 heavy (non-hydrogen) atoms. The van der Waals surface area contributed by atoms with Gasteiger partial charge in [0.1, 0.15) is 25.5 Å². The quantitative estimate of drug-likeness (QED) is 0.0292. The molecule has 1 heterocycles. The van der Waals surface area contributed by atoms with Crippen molar-refractivity contribution in [2.45, 2.75) is 109 Å². The highest BCUT2D eigenvalue weighted by molar-refractivity contribution is 7.47. The minimum absolute atomic E-state index is 0.0181. The van der Waals surface area contributed by atoms with Gasteiger partial charge in [0.05, 0.1) is 27.7 Å². The number of hydrogen-bond acceptors (Lipinski definition) is 9. The first-order valence-corrected chi connectivity index (χ1v) is 20.0. The Hall–Kier alpha value is -2.47. The lowest BCUT2D eigenvalue weighted by molar-refractivity contribution is -0.870. The molecule has 2 aromatic rings. The zero-order chi connectivity index (χ0) is 36.8. The Balaban J connectivity index is 1.87. The molecule has 2 N–H and O–H groups in total. The topological polar surface area (TPSA) is 137 Å². The molecular weight excluding hydrogens is 661 g/mol. The van der Waals surface area contributed by atoms with Gasteiger partial charge in [0.15, 0.2) is 6.10 Å². The lowest BCUT2D eigenvalue weighted by Crippen LogP contribution is -2.37. The third kappa shape index (κ3) is 19.8. The van der Waals surface area contributed by atoms with E-state index in [9.17, 15) is 19.0 Å². The Morgan fingerprint density at radius 2 is 1.52 bits per heavy atom.